The van der Waals surface area contributed by atoms with Crippen LogP contribution >= 0.6 is 0 Å². The number of primary amides is 1. The van der Waals surface area contributed by atoms with Crippen molar-refractivity contribution in [2.24, 2.45) is 17.4 Å². The van der Waals surface area contributed by atoms with E-state index in [0.29, 0.717) is 6.54 Å². The second kappa shape index (κ2) is 5.27. The van der Waals surface area contributed by atoms with Crippen LogP contribution < -0.4 is 16.4 Å². The lowest BCUT2D eigenvalue weighted by Crippen LogP contribution is -2.38. The summed E-state index contributed by atoms with van der Waals surface area (Å²) in [5, 5.41) is 9.88. The molecule has 1 aliphatic heterocycles. The summed E-state index contributed by atoms with van der Waals surface area (Å²) in [6.07, 6.45) is 1.48. The van der Waals surface area contributed by atoms with E-state index in [2.05, 4.69) is 4.90 Å². The molecule has 1 heterocycles. The number of aromatic hydroxyl groups is 1. The van der Waals surface area contributed by atoms with E-state index in [4.69, 9.17) is 11.5 Å². The number of rotatable bonds is 3. The molecule has 1 aromatic carbocycles. The minimum Gasteiger partial charge on any atom is -0.506 e. The van der Waals surface area contributed by atoms with Crippen molar-refractivity contribution >= 4 is 11.6 Å². The molecule has 5 heteroatoms. The molecule has 1 fully saturated rings. The topological polar surface area (TPSA) is 92.6 Å². The lowest BCUT2D eigenvalue weighted by molar-refractivity contribution is -0.122. The van der Waals surface area contributed by atoms with Crippen molar-refractivity contribution < 1.29 is 9.90 Å². The highest BCUT2D eigenvalue weighted by atomic mass is 16.3. The lowest BCUT2D eigenvalue weighted by atomic mass is 9.95. The molecule has 0 radical (unpaired) electrons. The predicted octanol–water partition coefficient (Wildman–Crippen LogP) is 0.553. The van der Waals surface area contributed by atoms with Crippen LogP contribution in [0.3, 0.4) is 0 Å². The number of piperidine rings is 1. The van der Waals surface area contributed by atoms with Gasteiger partial charge in [0.05, 0.1) is 5.69 Å². The Morgan fingerprint density at radius 3 is 2.61 bits per heavy atom. The fraction of sp³-hybridized carbons (Fsp3) is 0.462. The molecule has 5 N–H and O–H groups in total. The minimum absolute atomic E-state index is 0.0407. The van der Waals surface area contributed by atoms with Gasteiger partial charge >= 0.3 is 0 Å². The Hall–Kier alpha value is -1.75. The van der Waals surface area contributed by atoms with Crippen molar-refractivity contribution in [3.8, 4) is 5.75 Å². The third-order valence-electron chi connectivity index (χ3n) is 3.51. The summed E-state index contributed by atoms with van der Waals surface area (Å²) in [5.41, 5.74) is 12.7. The molecular formula is C13H19N3O2. The molecule has 0 aromatic heterocycles. The fourth-order valence-electron chi connectivity index (χ4n) is 2.35. The largest absolute Gasteiger partial charge is 0.506 e. The van der Waals surface area contributed by atoms with Crippen molar-refractivity contribution in [2.75, 3.05) is 18.0 Å². The number of anilines is 1. The van der Waals surface area contributed by atoms with Gasteiger partial charge in [-0.1, -0.05) is 6.07 Å². The Labute approximate surface area is 106 Å². The van der Waals surface area contributed by atoms with Gasteiger partial charge in [0.15, 0.2) is 0 Å². The normalized spacial score (nSPS) is 16.8. The van der Waals surface area contributed by atoms with Gasteiger partial charge in [0.2, 0.25) is 5.91 Å². The zero-order valence-corrected chi connectivity index (χ0v) is 10.3. The predicted molar refractivity (Wildman–Crippen MR) is 70.1 cm³/mol. The number of phenols is 1. The highest BCUT2D eigenvalue weighted by Gasteiger charge is 2.24. The minimum atomic E-state index is -0.227. The third-order valence-corrected chi connectivity index (χ3v) is 3.51. The van der Waals surface area contributed by atoms with E-state index in [9.17, 15) is 9.90 Å². The first-order valence-corrected chi connectivity index (χ1v) is 6.18. The zero-order valence-electron chi connectivity index (χ0n) is 10.3. The third kappa shape index (κ3) is 2.56. The highest BCUT2D eigenvalue weighted by Crippen LogP contribution is 2.31. The van der Waals surface area contributed by atoms with E-state index in [1.165, 1.54) is 0 Å². The van der Waals surface area contributed by atoms with Crippen molar-refractivity contribution in [2.45, 2.75) is 19.4 Å². The summed E-state index contributed by atoms with van der Waals surface area (Å²) in [7, 11) is 0. The summed E-state index contributed by atoms with van der Waals surface area (Å²) < 4.78 is 0. The average molecular weight is 249 g/mol. The Kier molecular flexibility index (Phi) is 3.72. The summed E-state index contributed by atoms with van der Waals surface area (Å²) in [6.45, 7) is 1.91. The van der Waals surface area contributed by atoms with E-state index < -0.39 is 0 Å². The number of amides is 1. The monoisotopic (exact) mass is 249 g/mol. The maximum Gasteiger partial charge on any atom is 0.220 e. The number of nitrogens with zero attached hydrogens (tertiary/aromatic N) is 1. The van der Waals surface area contributed by atoms with Crippen LogP contribution in [0.15, 0.2) is 18.2 Å². The smallest absolute Gasteiger partial charge is 0.220 e. The first-order valence-electron chi connectivity index (χ1n) is 6.18. The fourth-order valence-corrected chi connectivity index (χ4v) is 2.35. The van der Waals surface area contributed by atoms with Crippen LogP contribution in [0.2, 0.25) is 0 Å². The molecule has 1 amide bonds. The Morgan fingerprint density at radius 2 is 2.06 bits per heavy atom. The molecule has 0 saturated carbocycles. The van der Waals surface area contributed by atoms with E-state index in [1.807, 2.05) is 12.1 Å². The molecule has 5 nitrogen and oxygen atoms in total. The molecule has 0 atom stereocenters. The average Bonchev–Trinajstić information content (AvgIpc) is 2.39. The number of hydrogen-bond donors (Lipinski definition) is 3. The zero-order chi connectivity index (χ0) is 13.1. The molecule has 0 aliphatic carbocycles. The first kappa shape index (κ1) is 12.7. The van der Waals surface area contributed by atoms with Crippen LogP contribution in [0.4, 0.5) is 5.69 Å². The summed E-state index contributed by atoms with van der Waals surface area (Å²) in [4.78, 5) is 13.2. The van der Waals surface area contributed by atoms with Crippen LogP contribution in [0.25, 0.3) is 0 Å². The quantitative estimate of drug-likeness (QED) is 0.729. The molecule has 1 aromatic rings. The van der Waals surface area contributed by atoms with Gasteiger partial charge in [0.1, 0.15) is 5.75 Å². The summed E-state index contributed by atoms with van der Waals surface area (Å²) >= 11 is 0. The van der Waals surface area contributed by atoms with E-state index in [1.54, 1.807) is 6.07 Å². The van der Waals surface area contributed by atoms with Gasteiger partial charge < -0.3 is 21.5 Å². The molecule has 18 heavy (non-hydrogen) atoms. The second-order valence-electron chi connectivity index (χ2n) is 4.69. The number of nitrogens with two attached hydrogens (primary N) is 2. The summed E-state index contributed by atoms with van der Waals surface area (Å²) in [5.74, 6) is -0.0135. The van der Waals surface area contributed by atoms with Crippen LogP contribution in [0.1, 0.15) is 18.4 Å². The van der Waals surface area contributed by atoms with E-state index >= 15 is 0 Å². The van der Waals surface area contributed by atoms with Crippen molar-refractivity contribution in [1.29, 1.82) is 0 Å². The second-order valence-corrected chi connectivity index (χ2v) is 4.69. The van der Waals surface area contributed by atoms with E-state index in [0.717, 1.165) is 37.2 Å². The number of carbonyl (C=O) groups excluding carboxylic acids is 1. The van der Waals surface area contributed by atoms with Crippen LogP contribution in [-0.2, 0) is 11.3 Å². The standard InChI is InChI=1S/C13H19N3O2/c14-8-9-1-2-12(17)11(7-9)16-5-3-10(4-6-16)13(15)18/h1-2,7,10,17H,3-6,8,14H2,(H2,15,18). The van der Waals surface area contributed by atoms with Gasteiger partial charge in [-0.2, -0.15) is 0 Å². The molecule has 0 unspecified atom stereocenters. The number of phenolic OH excluding ortho intramolecular Hbond substituents is 1. The lowest BCUT2D eigenvalue weighted by Gasteiger charge is -2.32. The van der Waals surface area contributed by atoms with E-state index in [-0.39, 0.29) is 17.6 Å². The molecule has 2 rings (SSSR count). The number of benzene rings is 1. The van der Waals surface area contributed by atoms with Gasteiger partial charge in [-0.15, -0.1) is 0 Å². The highest BCUT2D eigenvalue weighted by molar-refractivity contribution is 5.77. The number of carbonyl (C=O) groups is 1. The Morgan fingerprint density at radius 1 is 1.39 bits per heavy atom. The van der Waals surface area contributed by atoms with Gasteiger partial charge in [-0.3, -0.25) is 4.79 Å². The maximum atomic E-state index is 11.1. The SMILES string of the molecule is NCc1ccc(O)c(N2CCC(C(N)=O)CC2)c1. The molecule has 1 aliphatic rings. The molecule has 98 valence electrons. The van der Waals surface area contributed by atoms with Crippen LogP contribution in [-0.4, -0.2) is 24.1 Å². The van der Waals surface area contributed by atoms with Crippen molar-refractivity contribution in [3.05, 3.63) is 23.8 Å². The van der Waals surface area contributed by atoms with Gasteiger partial charge in [0, 0.05) is 25.6 Å². The maximum absolute atomic E-state index is 11.1. The van der Waals surface area contributed by atoms with Crippen molar-refractivity contribution in [3.63, 3.8) is 0 Å². The molecular weight excluding hydrogens is 230 g/mol. The molecule has 0 spiro atoms. The summed E-state index contributed by atoms with van der Waals surface area (Å²) in [6, 6.07) is 5.38. The Bertz CT molecular complexity index is 440. The first-order chi connectivity index (χ1) is 8.61. The van der Waals surface area contributed by atoms with Crippen LogP contribution in [0, 0.1) is 5.92 Å². The Balaban J connectivity index is 2.11. The van der Waals surface area contributed by atoms with Gasteiger partial charge in [0.25, 0.3) is 0 Å². The number of hydrogen-bond acceptors (Lipinski definition) is 4. The van der Waals surface area contributed by atoms with Crippen molar-refractivity contribution in [1.82, 2.24) is 0 Å². The van der Waals surface area contributed by atoms with Crippen LogP contribution in [0.5, 0.6) is 5.75 Å². The van der Waals surface area contributed by atoms with Gasteiger partial charge in [-0.25, -0.2) is 0 Å². The molecule has 1 saturated heterocycles. The molecule has 0 bridgehead atoms. The van der Waals surface area contributed by atoms with Gasteiger partial charge in [-0.05, 0) is 30.5 Å².